The largest absolute Gasteiger partial charge is 0.486 e. The highest BCUT2D eigenvalue weighted by molar-refractivity contribution is 7.80. The SMILES string of the molecule is CNC(=S)N(Cc1ccc(Cl)cc1)Cc1cc2cc3c(cc2[nH]c1=O)OCCO3. The minimum absolute atomic E-state index is 0.158. The molecule has 0 aliphatic carbocycles. The van der Waals surface area contributed by atoms with Crippen molar-refractivity contribution in [2.24, 2.45) is 0 Å². The summed E-state index contributed by atoms with van der Waals surface area (Å²) in [5.41, 5.74) is 2.21. The van der Waals surface area contributed by atoms with Crippen LogP contribution in [0.3, 0.4) is 0 Å². The second-order valence-electron chi connectivity index (χ2n) is 6.74. The third-order valence-electron chi connectivity index (χ3n) is 4.73. The molecule has 0 atom stereocenters. The molecule has 29 heavy (non-hydrogen) atoms. The number of halogens is 1. The van der Waals surface area contributed by atoms with Crippen molar-refractivity contribution in [2.45, 2.75) is 13.1 Å². The molecule has 0 fully saturated rings. The number of aromatic nitrogens is 1. The fourth-order valence-electron chi connectivity index (χ4n) is 3.28. The summed E-state index contributed by atoms with van der Waals surface area (Å²) in [6.45, 7) is 1.93. The number of nitrogens with one attached hydrogen (secondary N) is 2. The van der Waals surface area contributed by atoms with E-state index in [0.717, 1.165) is 10.9 Å². The average Bonchev–Trinajstić information content (AvgIpc) is 2.73. The summed E-state index contributed by atoms with van der Waals surface area (Å²) in [5.74, 6) is 1.33. The first-order chi connectivity index (χ1) is 14.0. The van der Waals surface area contributed by atoms with Crippen LogP contribution in [0.1, 0.15) is 11.1 Å². The number of fused-ring (bicyclic) bond motifs is 2. The van der Waals surface area contributed by atoms with Crippen molar-refractivity contribution >= 4 is 39.8 Å². The van der Waals surface area contributed by atoms with Gasteiger partial charge in [0.2, 0.25) is 0 Å². The van der Waals surface area contributed by atoms with Gasteiger partial charge in [0.05, 0.1) is 12.1 Å². The molecule has 1 aliphatic heterocycles. The van der Waals surface area contributed by atoms with E-state index >= 15 is 0 Å². The molecule has 0 saturated carbocycles. The van der Waals surface area contributed by atoms with Gasteiger partial charge < -0.3 is 24.7 Å². The molecule has 1 aromatic heterocycles. The molecule has 8 heteroatoms. The highest BCUT2D eigenvalue weighted by Crippen LogP contribution is 2.33. The normalized spacial score (nSPS) is 12.6. The number of benzene rings is 2. The molecule has 0 spiro atoms. The summed E-state index contributed by atoms with van der Waals surface area (Å²) in [4.78, 5) is 17.6. The number of pyridine rings is 1. The molecular weight excluding hydrogens is 410 g/mol. The molecule has 3 aromatic rings. The molecule has 0 bridgehead atoms. The fourth-order valence-corrected chi connectivity index (χ4v) is 3.53. The zero-order chi connectivity index (χ0) is 20.4. The Hall–Kier alpha value is -2.77. The zero-order valence-electron chi connectivity index (χ0n) is 15.8. The molecule has 0 saturated heterocycles. The van der Waals surface area contributed by atoms with Crippen molar-refractivity contribution in [3.05, 3.63) is 69.0 Å². The molecule has 2 heterocycles. The number of hydrogen-bond donors (Lipinski definition) is 2. The number of thiocarbonyl (C=S) groups is 1. The molecule has 0 radical (unpaired) electrons. The Morgan fingerprint density at radius 3 is 2.52 bits per heavy atom. The lowest BCUT2D eigenvalue weighted by molar-refractivity contribution is 0.172. The van der Waals surface area contributed by atoms with E-state index in [2.05, 4.69) is 10.3 Å². The van der Waals surface area contributed by atoms with Gasteiger partial charge in [0, 0.05) is 35.6 Å². The molecule has 1 aliphatic rings. The minimum Gasteiger partial charge on any atom is -0.486 e. The highest BCUT2D eigenvalue weighted by atomic mass is 35.5. The summed E-state index contributed by atoms with van der Waals surface area (Å²) in [6.07, 6.45) is 0. The number of rotatable bonds is 4. The molecule has 6 nitrogen and oxygen atoms in total. The summed E-state index contributed by atoms with van der Waals surface area (Å²) >= 11 is 11.4. The van der Waals surface area contributed by atoms with Crippen LogP contribution in [-0.2, 0) is 13.1 Å². The van der Waals surface area contributed by atoms with E-state index in [9.17, 15) is 4.79 Å². The molecule has 150 valence electrons. The van der Waals surface area contributed by atoms with E-state index < -0.39 is 0 Å². The van der Waals surface area contributed by atoms with E-state index in [1.807, 2.05) is 41.3 Å². The Morgan fingerprint density at radius 2 is 1.83 bits per heavy atom. The van der Waals surface area contributed by atoms with E-state index in [-0.39, 0.29) is 5.56 Å². The molecule has 2 N–H and O–H groups in total. The van der Waals surface area contributed by atoms with E-state index in [1.165, 1.54) is 0 Å². The first-order valence-corrected chi connectivity index (χ1v) is 9.99. The van der Waals surface area contributed by atoms with Crippen LogP contribution in [0.25, 0.3) is 10.9 Å². The monoisotopic (exact) mass is 429 g/mol. The number of nitrogens with zero attached hydrogens (tertiary/aromatic N) is 1. The van der Waals surface area contributed by atoms with Crippen molar-refractivity contribution in [2.75, 3.05) is 20.3 Å². The maximum atomic E-state index is 12.7. The Balaban J connectivity index is 1.65. The Morgan fingerprint density at radius 1 is 1.14 bits per heavy atom. The number of aromatic amines is 1. The van der Waals surface area contributed by atoms with Gasteiger partial charge in [0.25, 0.3) is 5.56 Å². The van der Waals surface area contributed by atoms with Crippen molar-refractivity contribution in [1.29, 1.82) is 0 Å². The van der Waals surface area contributed by atoms with E-state index in [4.69, 9.17) is 33.3 Å². The van der Waals surface area contributed by atoms with Gasteiger partial charge >= 0.3 is 0 Å². The maximum Gasteiger partial charge on any atom is 0.253 e. The molecule has 4 rings (SSSR count). The third-order valence-corrected chi connectivity index (χ3v) is 5.45. The van der Waals surface area contributed by atoms with Crippen LogP contribution in [0.15, 0.2) is 47.3 Å². The lowest BCUT2D eigenvalue weighted by Gasteiger charge is -2.25. The first-order valence-electron chi connectivity index (χ1n) is 9.20. The summed E-state index contributed by atoms with van der Waals surface area (Å²) in [6, 6.07) is 13.1. The predicted octanol–water partition coefficient (Wildman–Crippen LogP) is 3.46. The maximum absolute atomic E-state index is 12.7. The number of ether oxygens (including phenoxy) is 2. The minimum atomic E-state index is -0.158. The van der Waals surface area contributed by atoms with E-state index in [1.54, 1.807) is 13.1 Å². The topological polar surface area (TPSA) is 66.6 Å². The predicted molar refractivity (Wildman–Crippen MR) is 118 cm³/mol. The van der Waals surface area contributed by atoms with Crippen LogP contribution in [0.5, 0.6) is 11.5 Å². The van der Waals surface area contributed by atoms with Gasteiger partial charge in [-0.15, -0.1) is 0 Å². The second-order valence-corrected chi connectivity index (χ2v) is 7.57. The van der Waals surface area contributed by atoms with Crippen molar-refractivity contribution in [3.8, 4) is 11.5 Å². The molecule has 0 unspecified atom stereocenters. The fraction of sp³-hybridized carbons (Fsp3) is 0.238. The molecule has 0 amide bonds. The molecule has 2 aromatic carbocycles. The molecular formula is C21H20ClN3O3S. The second kappa shape index (κ2) is 8.31. The van der Waals surface area contributed by atoms with Gasteiger partial charge in [-0.1, -0.05) is 23.7 Å². The summed E-state index contributed by atoms with van der Waals surface area (Å²) in [7, 11) is 1.77. The van der Waals surface area contributed by atoms with Gasteiger partial charge in [0.15, 0.2) is 16.6 Å². The Labute approximate surface area is 178 Å². The van der Waals surface area contributed by atoms with Gasteiger partial charge in [-0.3, -0.25) is 4.79 Å². The Kier molecular flexibility index (Phi) is 5.60. The quantitative estimate of drug-likeness (QED) is 0.619. The van der Waals surface area contributed by atoms with Crippen molar-refractivity contribution in [1.82, 2.24) is 15.2 Å². The van der Waals surface area contributed by atoms with Gasteiger partial charge in [-0.05, 0) is 42.0 Å². The van der Waals surface area contributed by atoms with Gasteiger partial charge in [-0.25, -0.2) is 0 Å². The van der Waals surface area contributed by atoms with E-state index in [0.29, 0.717) is 59.0 Å². The highest BCUT2D eigenvalue weighted by Gasteiger charge is 2.16. The zero-order valence-corrected chi connectivity index (χ0v) is 17.4. The lowest BCUT2D eigenvalue weighted by Crippen LogP contribution is -2.38. The Bertz CT molecular complexity index is 1110. The van der Waals surface area contributed by atoms with Gasteiger partial charge in [0.1, 0.15) is 13.2 Å². The van der Waals surface area contributed by atoms with Crippen LogP contribution in [0.2, 0.25) is 5.02 Å². The van der Waals surface area contributed by atoms with Gasteiger partial charge in [-0.2, -0.15) is 0 Å². The number of hydrogen-bond acceptors (Lipinski definition) is 4. The van der Waals surface area contributed by atoms with Crippen LogP contribution in [-0.4, -0.2) is 35.3 Å². The average molecular weight is 430 g/mol. The third kappa shape index (κ3) is 4.31. The standard InChI is InChI=1S/C21H20ClN3O3S/c1-23-21(29)25(11-13-2-4-16(22)5-3-13)12-15-8-14-9-18-19(28-7-6-27-18)10-17(14)24-20(15)26/h2-5,8-10H,6-7,11-12H2,1H3,(H,23,29)(H,24,26). The number of H-pyrrole nitrogens is 1. The van der Waals surface area contributed by atoms with Crippen LogP contribution >= 0.6 is 23.8 Å². The van der Waals surface area contributed by atoms with Crippen LogP contribution in [0, 0.1) is 0 Å². The van der Waals surface area contributed by atoms with Crippen molar-refractivity contribution in [3.63, 3.8) is 0 Å². The first kappa shape index (κ1) is 19.5. The van der Waals surface area contributed by atoms with Crippen molar-refractivity contribution < 1.29 is 9.47 Å². The summed E-state index contributed by atoms with van der Waals surface area (Å²) in [5, 5.41) is 5.11. The smallest absolute Gasteiger partial charge is 0.253 e. The summed E-state index contributed by atoms with van der Waals surface area (Å²) < 4.78 is 11.3. The lowest BCUT2D eigenvalue weighted by atomic mass is 10.1. The van der Waals surface area contributed by atoms with Crippen LogP contribution in [0.4, 0.5) is 0 Å². The van der Waals surface area contributed by atoms with Crippen LogP contribution < -0.4 is 20.3 Å².